The number of hydrogen-bond donors (Lipinski definition) is 1. The van der Waals surface area contributed by atoms with Crippen molar-refractivity contribution in [1.29, 1.82) is 5.26 Å². The number of rotatable bonds is 3. The van der Waals surface area contributed by atoms with Gasteiger partial charge in [-0.25, -0.2) is 0 Å². The van der Waals surface area contributed by atoms with Crippen molar-refractivity contribution >= 4 is 17.3 Å². The molecular formula is C15H10ClF3N2. The Bertz CT molecular complexity index is 673. The first-order valence-electron chi connectivity index (χ1n) is 5.99. The predicted octanol–water partition coefficient (Wildman–Crippen LogP) is 4.84. The lowest BCUT2D eigenvalue weighted by Crippen LogP contribution is -2.06. The third-order valence-electron chi connectivity index (χ3n) is 2.80. The van der Waals surface area contributed by atoms with E-state index < -0.39 is 11.7 Å². The number of benzene rings is 2. The van der Waals surface area contributed by atoms with Crippen molar-refractivity contribution in [2.75, 3.05) is 5.32 Å². The zero-order valence-electron chi connectivity index (χ0n) is 10.7. The molecule has 0 unspecified atom stereocenters. The highest BCUT2D eigenvalue weighted by atomic mass is 35.5. The maximum atomic E-state index is 12.7. The van der Waals surface area contributed by atoms with Crippen LogP contribution in [-0.4, -0.2) is 0 Å². The molecule has 0 heterocycles. The van der Waals surface area contributed by atoms with Gasteiger partial charge in [0, 0.05) is 17.3 Å². The molecule has 0 aliphatic rings. The highest BCUT2D eigenvalue weighted by molar-refractivity contribution is 6.30. The number of hydrogen-bond acceptors (Lipinski definition) is 2. The lowest BCUT2D eigenvalue weighted by Gasteiger charge is -2.11. The van der Waals surface area contributed by atoms with E-state index in [9.17, 15) is 13.2 Å². The molecule has 0 radical (unpaired) electrons. The minimum Gasteiger partial charge on any atom is -0.381 e. The second-order valence-corrected chi connectivity index (χ2v) is 4.83. The molecule has 0 aliphatic heterocycles. The van der Waals surface area contributed by atoms with Gasteiger partial charge in [0.25, 0.3) is 0 Å². The van der Waals surface area contributed by atoms with E-state index in [2.05, 4.69) is 5.32 Å². The molecule has 0 fully saturated rings. The maximum absolute atomic E-state index is 12.7. The molecule has 0 atom stereocenters. The third-order valence-corrected chi connectivity index (χ3v) is 3.02. The molecule has 0 aromatic heterocycles. The number of nitriles is 1. The van der Waals surface area contributed by atoms with Crippen LogP contribution in [0.1, 0.15) is 16.7 Å². The van der Waals surface area contributed by atoms with Gasteiger partial charge in [-0.2, -0.15) is 18.4 Å². The van der Waals surface area contributed by atoms with E-state index in [-0.39, 0.29) is 5.02 Å². The first-order valence-corrected chi connectivity index (χ1v) is 6.37. The lowest BCUT2D eigenvalue weighted by molar-refractivity contribution is -0.137. The minimum absolute atomic E-state index is 0.0205. The van der Waals surface area contributed by atoms with E-state index in [1.165, 1.54) is 6.07 Å². The molecule has 6 heteroatoms. The van der Waals surface area contributed by atoms with Gasteiger partial charge in [0.1, 0.15) is 0 Å². The molecular weight excluding hydrogens is 301 g/mol. The molecule has 0 saturated heterocycles. The number of halogens is 4. The van der Waals surface area contributed by atoms with E-state index in [4.69, 9.17) is 16.9 Å². The number of alkyl halides is 3. The number of nitrogens with zero attached hydrogens (tertiary/aromatic N) is 1. The van der Waals surface area contributed by atoms with Gasteiger partial charge in [-0.15, -0.1) is 0 Å². The van der Waals surface area contributed by atoms with Crippen LogP contribution in [0.15, 0.2) is 42.5 Å². The van der Waals surface area contributed by atoms with Crippen molar-refractivity contribution in [2.45, 2.75) is 12.7 Å². The molecule has 0 aliphatic carbocycles. The molecule has 2 rings (SSSR count). The van der Waals surface area contributed by atoms with Crippen LogP contribution in [-0.2, 0) is 12.7 Å². The Morgan fingerprint density at radius 1 is 1.10 bits per heavy atom. The van der Waals surface area contributed by atoms with Crippen molar-refractivity contribution < 1.29 is 13.2 Å². The Balaban J connectivity index is 2.12. The van der Waals surface area contributed by atoms with Crippen molar-refractivity contribution in [3.8, 4) is 6.07 Å². The number of nitrogens with one attached hydrogen (secondary N) is 1. The van der Waals surface area contributed by atoms with Crippen molar-refractivity contribution in [2.24, 2.45) is 0 Å². The molecule has 108 valence electrons. The Kier molecular flexibility index (Phi) is 4.39. The summed E-state index contributed by atoms with van der Waals surface area (Å²) in [6, 6.07) is 12.1. The van der Waals surface area contributed by atoms with Gasteiger partial charge in [-0.05, 0) is 35.9 Å². The van der Waals surface area contributed by atoms with E-state index in [1.807, 2.05) is 6.07 Å². The lowest BCUT2D eigenvalue weighted by atomic mass is 10.1. The highest BCUT2D eigenvalue weighted by Crippen LogP contribution is 2.33. The Morgan fingerprint density at radius 3 is 2.33 bits per heavy atom. The van der Waals surface area contributed by atoms with Crippen LogP contribution in [0.2, 0.25) is 5.02 Å². The Hall–Kier alpha value is -2.19. The van der Waals surface area contributed by atoms with Crippen LogP contribution in [0.25, 0.3) is 0 Å². The van der Waals surface area contributed by atoms with E-state index in [0.717, 1.165) is 17.7 Å². The van der Waals surface area contributed by atoms with E-state index in [1.54, 1.807) is 24.3 Å². The summed E-state index contributed by atoms with van der Waals surface area (Å²) in [6.45, 7) is 0.337. The second-order valence-electron chi connectivity index (χ2n) is 4.39. The van der Waals surface area contributed by atoms with Gasteiger partial charge in [-0.1, -0.05) is 23.7 Å². The van der Waals surface area contributed by atoms with Gasteiger partial charge in [-0.3, -0.25) is 0 Å². The smallest absolute Gasteiger partial charge is 0.381 e. The van der Waals surface area contributed by atoms with Gasteiger partial charge in [0.2, 0.25) is 0 Å². The third kappa shape index (κ3) is 4.14. The molecule has 0 bridgehead atoms. The molecule has 0 saturated carbocycles. The van der Waals surface area contributed by atoms with Gasteiger partial charge in [0.05, 0.1) is 17.2 Å². The summed E-state index contributed by atoms with van der Waals surface area (Å²) in [5, 5.41) is 11.6. The van der Waals surface area contributed by atoms with Gasteiger partial charge >= 0.3 is 6.18 Å². The quantitative estimate of drug-likeness (QED) is 0.880. The van der Waals surface area contributed by atoms with Crippen LogP contribution < -0.4 is 5.32 Å². The normalized spacial score (nSPS) is 11.0. The van der Waals surface area contributed by atoms with Crippen LogP contribution in [0.3, 0.4) is 0 Å². The molecule has 2 aromatic carbocycles. The monoisotopic (exact) mass is 310 g/mol. The standard InChI is InChI=1S/C15H10ClF3N2/c16-13-5-12(15(17,18)19)6-14(7-13)21-9-11-3-1-10(8-20)2-4-11/h1-7,21H,9H2. The van der Waals surface area contributed by atoms with Gasteiger partial charge in [0.15, 0.2) is 0 Å². The largest absolute Gasteiger partial charge is 0.416 e. The predicted molar refractivity (Wildman–Crippen MR) is 74.9 cm³/mol. The summed E-state index contributed by atoms with van der Waals surface area (Å²) < 4.78 is 38.0. The topological polar surface area (TPSA) is 35.8 Å². The zero-order valence-corrected chi connectivity index (χ0v) is 11.5. The average Bonchev–Trinajstić information content (AvgIpc) is 2.44. The molecule has 21 heavy (non-hydrogen) atoms. The highest BCUT2D eigenvalue weighted by Gasteiger charge is 2.31. The summed E-state index contributed by atoms with van der Waals surface area (Å²) in [5.41, 5.74) is 0.875. The van der Waals surface area contributed by atoms with Crippen LogP contribution >= 0.6 is 11.6 Å². The fourth-order valence-corrected chi connectivity index (χ4v) is 1.99. The molecule has 2 aromatic rings. The summed E-state index contributed by atoms with van der Waals surface area (Å²) >= 11 is 5.70. The van der Waals surface area contributed by atoms with E-state index in [0.29, 0.717) is 17.8 Å². The van der Waals surface area contributed by atoms with Gasteiger partial charge < -0.3 is 5.32 Å². The average molecular weight is 311 g/mol. The molecule has 2 nitrogen and oxygen atoms in total. The summed E-state index contributed by atoms with van der Waals surface area (Å²) in [7, 11) is 0. The van der Waals surface area contributed by atoms with Crippen LogP contribution in [0.5, 0.6) is 0 Å². The number of anilines is 1. The summed E-state index contributed by atoms with van der Waals surface area (Å²) in [6.07, 6.45) is -4.43. The van der Waals surface area contributed by atoms with Crippen molar-refractivity contribution in [1.82, 2.24) is 0 Å². The van der Waals surface area contributed by atoms with Crippen molar-refractivity contribution in [3.63, 3.8) is 0 Å². The molecule has 0 spiro atoms. The maximum Gasteiger partial charge on any atom is 0.416 e. The first kappa shape index (κ1) is 15.2. The first-order chi connectivity index (χ1) is 9.88. The second kappa shape index (κ2) is 6.06. The SMILES string of the molecule is N#Cc1ccc(CNc2cc(Cl)cc(C(F)(F)F)c2)cc1. The Morgan fingerprint density at radius 2 is 1.76 bits per heavy atom. The van der Waals surface area contributed by atoms with Crippen molar-refractivity contribution in [3.05, 3.63) is 64.2 Å². The van der Waals surface area contributed by atoms with E-state index >= 15 is 0 Å². The Labute approximate surface area is 124 Å². The van der Waals surface area contributed by atoms with Crippen LogP contribution in [0.4, 0.5) is 18.9 Å². The minimum atomic E-state index is -4.43. The summed E-state index contributed by atoms with van der Waals surface area (Å²) in [4.78, 5) is 0. The fraction of sp³-hybridized carbons (Fsp3) is 0.133. The summed E-state index contributed by atoms with van der Waals surface area (Å²) in [5.74, 6) is 0. The fourth-order valence-electron chi connectivity index (χ4n) is 1.76. The molecule has 0 amide bonds. The molecule has 1 N–H and O–H groups in total. The zero-order chi connectivity index (χ0) is 15.5. The van der Waals surface area contributed by atoms with Crippen LogP contribution in [0, 0.1) is 11.3 Å².